The molecule has 1 aliphatic heterocycles. The summed E-state index contributed by atoms with van der Waals surface area (Å²) < 4.78 is 0. The average Bonchev–Trinajstić information content (AvgIpc) is 3.60. The van der Waals surface area contributed by atoms with Gasteiger partial charge in [0.25, 0.3) is 0 Å². The number of likely N-dealkylation sites (tertiary alicyclic amines) is 1. The molecule has 1 atom stereocenters. The minimum Gasteiger partial charge on any atom is -0.507 e. The minimum absolute atomic E-state index is 0.389. The predicted octanol–water partition coefficient (Wildman–Crippen LogP) is 10.9. The zero-order valence-corrected chi connectivity index (χ0v) is 30.3. The molecule has 0 saturated carbocycles. The van der Waals surface area contributed by atoms with E-state index in [1.807, 2.05) is 0 Å². The van der Waals surface area contributed by atoms with Crippen LogP contribution in [0.15, 0.2) is 133 Å². The number of phenolic OH excluding ortho intramolecular Hbond substituents is 1. The number of aromatic hydroxyl groups is 1. The van der Waals surface area contributed by atoms with Crippen molar-refractivity contribution in [2.45, 2.75) is 89.8 Å². The predicted molar refractivity (Wildman–Crippen MR) is 210 cm³/mol. The van der Waals surface area contributed by atoms with E-state index >= 15 is 0 Å². The summed E-state index contributed by atoms with van der Waals surface area (Å²) in [5.74, 6) is 0.389. The third kappa shape index (κ3) is 8.40. The first-order chi connectivity index (χ1) is 24.6. The van der Waals surface area contributed by atoms with E-state index in [2.05, 4.69) is 157 Å². The smallest absolute Gasteiger partial charge is 0.124 e. The molecule has 260 valence electrons. The SMILES string of the molecule is CCCCCCCCN1CCC[C@H]1CN(Cc1ccccc1)Cc1cc(C)cc(C(c2ccccc2)(c2ccccc2)c2ccccc2)c1O. The second kappa shape index (κ2) is 17.7. The van der Waals surface area contributed by atoms with E-state index in [4.69, 9.17) is 0 Å². The maximum atomic E-state index is 12.6. The number of unbranched alkanes of at least 4 members (excludes halogenated alkanes) is 5. The topological polar surface area (TPSA) is 26.7 Å². The fraction of sp³-hybridized carbons (Fsp3) is 0.362. The van der Waals surface area contributed by atoms with Crippen LogP contribution in [0.5, 0.6) is 5.75 Å². The monoisotopic (exact) mass is 664 g/mol. The maximum Gasteiger partial charge on any atom is 0.124 e. The Bertz CT molecular complexity index is 1620. The molecule has 5 aromatic carbocycles. The Balaban J connectivity index is 1.37. The fourth-order valence-corrected chi connectivity index (χ4v) is 8.35. The van der Waals surface area contributed by atoms with Crippen molar-refractivity contribution in [1.29, 1.82) is 0 Å². The summed E-state index contributed by atoms with van der Waals surface area (Å²) in [4.78, 5) is 5.34. The highest BCUT2D eigenvalue weighted by Gasteiger charge is 2.41. The standard InChI is InChI=1S/C47H56N2O/c1-3-4-5-6-7-20-31-49-32-21-30-44(49)37-48(35-39-22-12-8-13-23-39)36-40-33-38(2)34-45(46(40)50)47(41-24-14-9-15-25-41,42-26-16-10-17-27-42)43-28-18-11-19-29-43/h8-19,22-29,33-34,44,50H,3-7,20-21,30-32,35-37H2,1-2H3/t44-/m0/s1. The lowest BCUT2D eigenvalue weighted by molar-refractivity contribution is 0.158. The van der Waals surface area contributed by atoms with Gasteiger partial charge in [-0.15, -0.1) is 0 Å². The van der Waals surface area contributed by atoms with E-state index in [0.29, 0.717) is 18.3 Å². The molecule has 50 heavy (non-hydrogen) atoms. The van der Waals surface area contributed by atoms with Gasteiger partial charge < -0.3 is 5.11 Å². The van der Waals surface area contributed by atoms with Gasteiger partial charge in [-0.3, -0.25) is 9.80 Å². The Labute approximate surface area is 301 Å². The van der Waals surface area contributed by atoms with Gasteiger partial charge in [-0.2, -0.15) is 0 Å². The third-order valence-electron chi connectivity index (χ3n) is 10.8. The van der Waals surface area contributed by atoms with Crippen LogP contribution in [0.3, 0.4) is 0 Å². The number of nitrogens with zero attached hydrogens (tertiary/aromatic N) is 2. The van der Waals surface area contributed by atoms with E-state index < -0.39 is 5.41 Å². The Morgan fingerprint density at radius 2 is 1.22 bits per heavy atom. The van der Waals surface area contributed by atoms with Crippen molar-refractivity contribution in [2.75, 3.05) is 19.6 Å². The van der Waals surface area contributed by atoms with Crippen LogP contribution in [-0.4, -0.2) is 40.6 Å². The van der Waals surface area contributed by atoms with E-state index in [-0.39, 0.29) is 0 Å². The first-order valence-corrected chi connectivity index (χ1v) is 19.1. The van der Waals surface area contributed by atoms with Gasteiger partial charge in [-0.05, 0) is 61.5 Å². The number of hydrogen-bond donors (Lipinski definition) is 1. The van der Waals surface area contributed by atoms with Gasteiger partial charge >= 0.3 is 0 Å². The van der Waals surface area contributed by atoms with E-state index in [1.165, 1.54) is 70.0 Å². The van der Waals surface area contributed by atoms with Crippen molar-refractivity contribution in [3.63, 3.8) is 0 Å². The molecule has 1 aliphatic rings. The first-order valence-electron chi connectivity index (χ1n) is 19.1. The van der Waals surface area contributed by atoms with Gasteiger partial charge in [0.15, 0.2) is 0 Å². The zero-order valence-electron chi connectivity index (χ0n) is 30.3. The molecular weight excluding hydrogens is 609 g/mol. The lowest BCUT2D eigenvalue weighted by Crippen LogP contribution is -2.40. The second-order valence-corrected chi connectivity index (χ2v) is 14.4. The molecule has 1 saturated heterocycles. The van der Waals surface area contributed by atoms with Crippen molar-refractivity contribution in [1.82, 2.24) is 9.80 Å². The summed E-state index contributed by atoms with van der Waals surface area (Å²) in [5.41, 5.74) is 7.12. The van der Waals surface area contributed by atoms with Gasteiger partial charge in [0, 0.05) is 36.8 Å². The van der Waals surface area contributed by atoms with Gasteiger partial charge in [0.05, 0.1) is 5.41 Å². The maximum absolute atomic E-state index is 12.6. The van der Waals surface area contributed by atoms with Crippen LogP contribution in [0.25, 0.3) is 0 Å². The summed E-state index contributed by atoms with van der Waals surface area (Å²) in [6.45, 7) is 9.40. The molecule has 1 heterocycles. The number of rotatable bonds is 17. The summed E-state index contributed by atoms with van der Waals surface area (Å²) in [5, 5.41) is 12.6. The second-order valence-electron chi connectivity index (χ2n) is 14.4. The number of hydrogen-bond acceptors (Lipinski definition) is 3. The number of aryl methyl sites for hydroxylation is 1. The largest absolute Gasteiger partial charge is 0.507 e. The molecule has 6 rings (SSSR count). The Hall–Kier alpha value is -4.18. The molecule has 5 aromatic rings. The molecule has 0 radical (unpaired) electrons. The molecule has 3 heteroatoms. The summed E-state index contributed by atoms with van der Waals surface area (Å²) >= 11 is 0. The van der Waals surface area contributed by atoms with E-state index in [1.54, 1.807) is 0 Å². The van der Waals surface area contributed by atoms with Crippen LogP contribution in [0.4, 0.5) is 0 Å². The summed E-state index contributed by atoms with van der Waals surface area (Å²) in [7, 11) is 0. The quantitative estimate of drug-likeness (QED) is 0.0792. The molecule has 0 aliphatic carbocycles. The van der Waals surface area contributed by atoms with Crippen LogP contribution < -0.4 is 0 Å². The lowest BCUT2D eigenvalue weighted by Gasteiger charge is -2.38. The molecule has 0 amide bonds. The highest BCUT2D eigenvalue weighted by Crippen LogP contribution is 2.49. The molecule has 0 aromatic heterocycles. The van der Waals surface area contributed by atoms with Gasteiger partial charge in [0.1, 0.15) is 5.75 Å². The van der Waals surface area contributed by atoms with Gasteiger partial charge in [-0.1, -0.05) is 178 Å². The van der Waals surface area contributed by atoms with Gasteiger partial charge in [0.2, 0.25) is 0 Å². The first kappa shape index (κ1) is 35.6. The highest BCUT2D eigenvalue weighted by atomic mass is 16.3. The van der Waals surface area contributed by atoms with E-state index in [9.17, 15) is 5.11 Å². The molecular formula is C47H56N2O. The van der Waals surface area contributed by atoms with Crippen LogP contribution in [0.2, 0.25) is 0 Å². The Kier molecular flexibility index (Phi) is 12.6. The number of phenols is 1. The van der Waals surface area contributed by atoms with Crippen molar-refractivity contribution < 1.29 is 5.11 Å². The van der Waals surface area contributed by atoms with Crippen LogP contribution in [0, 0.1) is 6.92 Å². The zero-order chi connectivity index (χ0) is 34.6. The molecule has 3 nitrogen and oxygen atoms in total. The van der Waals surface area contributed by atoms with E-state index in [0.717, 1.165) is 46.5 Å². The van der Waals surface area contributed by atoms with Crippen LogP contribution in [-0.2, 0) is 18.5 Å². The molecule has 0 spiro atoms. The molecule has 0 unspecified atom stereocenters. The van der Waals surface area contributed by atoms with Crippen molar-refractivity contribution in [2.24, 2.45) is 0 Å². The summed E-state index contributed by atoms with van der Waals surface area (Å²) in [6.07, 6.45) is 10.5. The number of benzene rings is 5. The summed E-state index contributed by atoms with van der Waals surface area (Å²) in [6, 6.07) is 48.0. The van der Waals surface area contributed by atoms with Gasteiger partial charge in [-0.25, -0.2) is 0 Å². The van der Waals surface area contributed by atoms with Crippen molar-refractivity contribution in [3.05, 3.63) is 172 Å². The van der Waals surface area contributed by atoms with Crippen LogP contribution >= 0.6 is 0 Å². The molecule has 0 bridgehead atoms. The van der Waals surface area contributed by atoms with Crippen molar-refractivity contribution in [3.8, 4) is 5.75 Å². The molecule has 1 fully saturated rings. The Morgan fingerprint density at radius 3 is 1.80 bits per heavy atom. The Morgan fingerprint density at radius 1 is 0.680 bits per heavy atom. The average molecular weight is 665 g/mol. The fourth-order valence-electron chi connectivity index (χ4n) is 8.35. The van der Waals surface area contributed by atoms with Crippen molar-refractivity contribution >= 4 is 0 Å². The lowest BCUT2D eigenvalue weighted by atomic mass is 9.64. The highest BCUT2D eigenvalue weighted by molar-refractivity contribution is 5.64. The normalized spacial score (nSPS) is 15.1. The molecule has 1 N–H and O–H groups in total. The third-order valence-corrected chi connectivity index (χ3v) is 10.8. The van der Waals surface area contributed by atoms with Crippen LogP contribution in [0.1, 0.15) is 97.2 Å². The minimum atomic E-state index is -0.696.